The zero-order valence-electron chi connectivity index (χ0n) is 16.7. The van der Waals surface area contributed by atoms with E-state index >= 15 is 0 Å². The van der Waals surface area contributed by atoms with Crippen molar-refractivity contribution in [2.75, 3.05) is 21.2 Å². The molecule has 0 bridgehead atoms. The van der Waals surface area contributed by atoms with Gasteiger partial charge in [-0.25, -0.2) is 13.8 Å². The molecule has 1 amide bonds. The quantitative estimate of drug-likeness (QED) is 0.524. The lowest BCUT2D eigenvalue weighted by molar-refractivity contribution is 0.0822. The second kappa shape index (κ2) is 7.59. The number of methoxy groups -OCH3 is 1. The molecule has 2 aromatic heterocycles. The molecule has 0 aliphatic rings. The third-order valence-corrected chi connectivity index (χ3v) is 4.93. The highest BCUT2D eigenvalue weighted by Gasteiger charge is 2.20. The van der Waals surface area contributed by atoms with Crippen LogP contribution < -0.4 is 4.74 Å². The maximum absolute atomic E-state index is 14.3. The fourth-order valence-corrected chi connectivity index (χ4v) is 3.40. The van der Waals surface area contributed by atoms with Crippen LogP contribution in [0, 0.1) is 11.6 Å². The van der Waals surface area contributed by atoms with E-state index in [-0.39, 0.29) is 5.56 Å². The van der Waals surface area contributed by atoms with Crippen LogP contribution in [0.15, 0.2) is 54.9 Å². The Hall–Kier alpha value is -3.74. The zero-order valence-corrected chi connectivity index (χ0v) is 16.7. The second-order valence-electron chi connectivity index (χ2n) is 7.04. The highest BCUT2D eigenvalue weighted by atomic mass is 19.2. The summed E-state index contributed by atoms with van der Waals surface area (Å²) in [6, 6.07) is 11.8. The number of halogens is 2. The van der Waals surface area contributed by atoms with Crippen molar-refractivity contribution in [2.45, 2.75) is 0 Å². The van der Waals surface area contributed by atoms with E-state index in [1.54, 1.807) is 13.3 Å². The Morgan fingerprint density at radius 3 is 2.57 bits per heavy atom. The van der Waals surface area contributed by atoms with Crippen molar-refractivity contribution in [3.05, 3.63) is 72.1 Å². The van der Waals surface area contributed by atoms with Gasteiger partial charge in [0.1, 0.15) is 11.4 Å². The number of hydrogen-bond acceptors (Lipinski definition) is 3. The molecular weight excluding hydrogens is 388 g/mol. The first-order valence-electron chi connectivity index (χ1n) is 9.22. The molecule has 0 unspecified atom stereocenters. The summed E-state index contributed by atoms with van der Waals surface area (Å²) in [7, 11) is 4.57. The van der Waals surface area contributed by atoms with Crippen molar-refractivity contribution in [1.82, 2.24) is 14.9 Å². The molecule has 1 N–H and O–H groups in total. The molecule has 0 spiro atoms. The van der Waals surface area contributed by atoms with Crippen LogP contribution in [0.2, 0.25) is 0 Å². The van der Waals surface area contributed by atoms with Crippen LogP contribution in [0.25, 0.3) is 33.3 Å². The van der Waals surface area contributed by atoms with Crippen molar-refractivity contribution in [2.24, 2.45) is 0 Å². The number of aromatic amines is 1. The molecule has 152 valence electrons. The number of pyridine rings is 1. The molecule has 0 saturated carbocycles. The van der Waals surface area contributed by atoms with Gasteiger partial charge in [-0.05, 0) is 29.8 Å². The molecule has 7 heteroatoms. The fraction of sp³-hybridized carbons (Fsp3) is 0.130. The lowest BCUT2D eigenvalue weighted by atomic mass is 10.00. The van der Waals surface area contributed by atoms with Gasteiger partial charge in [-0.15, -0.1) is 0 Å². The van der Waals surface area contributed by atoms with Crippen molar-refractivity contribution >= 4 is 16.9 Å². The van der Waals surface area contributed by atoms with E-state index in [2.05, 4.69) is 9.97 Å². The summed E-state index contributed by atoms with van der Waals surface area (Å²) in [5.74, 6) is -2.16. The molecule has 0 aliphatic heterocycles. The van der Waals surface area contributed by atoms with E-state index in [9.17, 15) is 13.6 Å². The van der Waals surface area contributed by atoms with Gasteiger partial charge in [-0.2, -0.15) is 0 Å². The number of fused-ring (bicyclic) bond motifs is 1. The number of ether oxygens (including phenoxy) is 1. The first-order valence-corrected chi connectivity index (χ1v) is 9.22. The average molecular weight is 407 g/mol. The molecule has 0 fully saturated rings. The predicted molar refractivity (Wildman–Crippen MR) is 111 cm³/mol. The van der Waals surface area contributed by atoms with Crippen LogP contribution >= 0.6 is 0 Å². The standard InChI is InChI=1S/C23H19F2N3O2/c1-28(2)23(29)17-8-13(10-19(24)21(17)25)14-9-16-18(12-27-22(16)26-11-14)15-6-4-5-7-20(15)30-3/h4-12H,1-3H3,(H,26,27). The third-order valence-electron chi connectivity index (χ3n) is 4.93. The van der Waals surface area contributed by atoms with E-state index in [0.717, 1.165) is 22.6 Å². The van der Waals surface area contributed by atoms with E-state index in [1.807, 2.05) is 36.5 Å². The van der Waals surface area contributed by atoms with Gasteiger partial charge in [0, 0.05) is 48.6 Å². The van der Waals surface area contributed by atoms with Gasteiger partial charge in [0.2, 0.25) is 0 Å². The Labute approximate surface area is 171 Å². The van der Waals surface area contributed by atoms with Crippen LogP contribution in [0.1, 0.15) is 10.4 Å². The minimum atomic E-state index is -1.16. The molecule has 5 nitrogen and oxygen atoms in total. The minimum Gasteiger partial charge on any atom is -0.496 e. The second-order valence-corrected chi connectivity index (χ2v) is 7.04. The number of hydrogen-bond donors (Lipinski definition) is 1. The van der Waals surface area contributed by atoms with Gasteiger partial charge >= 0.3 is 0 Å². The maximum atomic E-state index is 14.3. The zero-order chi connectivity index (χ0) is 21.4. The number of carbonyl (C=O) groups is 1. The molecule has 0 aliphatic carbocycles. The highest BCUT2D eigenvalue weighted by Crippen LogP contribution is 2.36. The van der Waals surface area contributed by atoms with Crippen molar-refractivity contribution < 1.29 is 18.3 Å². The summed E-state index contributed by atoms with van der Waals surface area (Å²) in [5, 5.41) is 0.794. The molecule has 2 heterocycles. The van der Waals surface area contributed by atoms with Gasteiger partial charge in [0.15, 0.2) is 11.6 Å². The van der Waals surface area contributed by atoms with Gasteiger partial charge < -0.3 is 14.6 Å². The number of carbonyl (C=O) groups excluding carboxylic acids is 1. The molecule has 2 aromatic carbocycles. The Morgan fingerprint density at radius 2 is 1.83 bits per heavy atom. The van der Waals surface area contributed by atoms with E-state index in [0.29, 0.717) is 22.5 Å². The smallest absolute Gasteiger partial charge is 0.256 e. The summed E-state index contributed by atoms with van der Waals surface area (Å²) >= 11 is 0. The normalized spacial score (nSPS) is 11.0. The highest BCUT2D eigenvalue weighted by molar-refractivity contribution is 5.98. The molecule has 4 aromatic rings. The van der Waals surface area contributed by atoms with E-state index < -0.39 is 17.5 Å². The van der Waals surface area contributed by atoms with Crippen LogP contribution in [0.4, 0.5) is 8.78 Å². The minimum absolute atomic E-state index is 0.325. The topological polar surface area (TPSA) is 58.2 Å². The van der Waals surface area contributed by atoms with Gasteiger partial charge in [0.05, 0.1) is 12.7 Å². The summed E-state index contributed by atoms with van der Waals surface area (Å²) in [4.78, 5) is 21.0. The number of nitrogens with zero attached hydrogens (tertiary/aromatic N) is 2. The van der Waals surface area contributed by atoms with Gasteiger partial charge in [-0.1, -0.05) is 18.2 Å². The Bertz CT molecular complexity index is 1260. The van der Waals surface area contributed by atoms with Crippen molar-refractivity contribution in [1.29, 1.82) is 0 Å². The average Bonchev–Trinajstić information content (AvgIpc) is 3.18. The van der Waals surface area contributed by atoms with Crippen LogP contribution in [-0.2, 0) is 0 Å². The SMILES string of the molecule is COc1ccccc1-c1c[nH]c2ncc(-c3cc(F)c(F)c(C(=O)N(C)C)c3)cc12. The monoisotopic (exact) mass is 407 g/mol. The molecule has 0 radical (unpaired) electrons. The Balaban J connectivity index is 1.88. The summed E-state index contributed by atoms with van der Waals surface area (Å²) < 4.78 is 33.9. The molecule has 0 saturated heterocycles. The number of para-hydroxylation sites is 1. The predicted octanol–water partition coefficient (Wildman–Crippen LogP) is 4.89. The number of nitrogens with one attached hydrogen (secondary N) is 1. The molecule has 4 rings (SSSR count). The maximum Gasteiger partial charge on any atom is 0.256 e. The number of rotatable bonds is 4. The largest absolute Gasteiger partial charge is 0.496 e. The van der Waals surface area contributed by atoms with Crippen molar-refractivity contribution in [3.63, 3.8) is 0 Å². The van der Waals surface area contributed by atoms with E-state index in [4.69, 9.17) is 4.74 Å². The van der Waals surface area contributed by atoms with Crippen LogP contribution in [-0.4, -0.2) is 42.0 Å². The first-order chi connectivity index (χ1) is 14.4. The summed E-state index contributed by atoms with van der Waals surface area (Å²) in [5.41, 5.74) is 2.98. The molecule has 30 heavy (non-hydrogen) atoms. The summed E-state index contributed by atoms with van der Waals surface area (Å²) in [6.07, 6.45) is 3.38. The van der Waals surface area contributed by atoms with Gasteiger partial charge in [0.25, 0.3) is 5.91 Å². The molecular formula is C23H19F2N3O2. The number of aromatic nitrogens is 2. The lowest BCUT2D eigenvalue weighted by Crippen LogP contribution is -2.23. The van der Waals surface area contributed by atoms with Crippen LogP contribution in [0.5, 0.6) is 5.75 Å². The van der Waals surface area contributed by atoms with Crippen molar-refractivity contribution in [3.8, 4) is 28.0 Å². The fourth-order valence-electron chi connectivity index (χ4n) is 3.40. The number of H-pyrrole nitrogens is 1. The number of benzene rings is 2. The summed E-state index contributed by atoms with van der Waals surface area (Å²) in [6.45, 7) is 0. The Kier molecular flexibility index (Phi) is 4.95. The molecule has 0 atom stereocenters. The third kappa shape index (κ3) is 3.28. The Morgan fingerprint density at radius 1 is 1.07 bits per heavy atom. The van der Waals surface area contributed by atoms with Crippen LogP contribution in [0.3, 0.4) is 0 Å². The van der Waals surface area contributed by atoms with E-state index in [1.165, 1.54) is 25.1 Å². The first kappa shape index (κ1) is 19.6. The van der Waals surface area contributed by atoms with Gasteiger partial charge in [-0.3, -0.25) is 4.79 Å². The lowest BCUT2D eigenvalue weighted by Gasteiger charge is -2.13. The number of amides is 1.